The van der Waals surface area contributed by atoms with E-state index < -0.39 is 0 Å². The van der Waals surface area contributed by atoms with Crippen LogP contribution in [0.3, 0.4) is 0 Å². The summed E-state index contributed by atoms with van der Waals surface area (Å²) >= 11 is 1.83. The molecule has 0 saturated heterocycles. The van der Waals surface area contributed by atoms with Crippen molar-refractivity contribution in [1.29, 1.82) is 0 Å². The molecule has 0 atom stereocenters. The average molecular weight is 287 g/mol. The Morgan fingerprint density at radius 1 is 1.05 bits per heavy atom. The summed E-state index contributed by atoms with van der Waals surface area (Å²) in [6.45, 7) is 12.1. The van der Waals surface area contributed by atoms with Crippen LogP contribution in [0, 0.1) is 6.92 Å². The first-order valence-electron chi connectivity index (χ1n) is 7.39. The minimum absolute atomic E-state index is 0.542. The lowest BCUT2D eigenvalue weighted by Gasteiger charge is -2.17. The number of rotatable bonds is 5. The van der Waals surface area contributed by atoms with Crippen molar-refractivity contribution < 1.29 is 0 Å². The quantitative estimate of drug-likeness (QED) is 0.720. The van der Waals surface area contributed by atoms with Gasteiger partial charge in [0.2, 0.25) is 0 Å². The molecule has 1 aromatic carbocycles. The normalized spacial score (nSPS) is 11.3. The second-order valence-corrected chi connectivity index (χ2v) is 7.04. The lowest BCUT2D eigenvalue weighted by atomic mass is 9.94. The van der Waals surface area contributed by atoms with Crippen molar-refractivity contribution in [3.63, 3.8) is 0 Å². The molecular weight excluding hydrogens is 262 g/mol. The SMILES string of the molecule is Cc1ccsc1CNc1ccc(C(C)C)cc1C(C)C. The minimum Gasteiger partial charge on any atom is -0.380 e. The van der Waals surface area contributed by atoms with Crippen LogP contribution < -0.4 is 5.32 Å². The summed E-state index contributed by atoms with van der Waals surface area (Å²) in [5, 5.41) is 5.78. The molecule has 0 amide bonds. The summed E-state index contributed by atoms with van der Waals surface area (Å²) in [6, 6.07) is 9.04. The van der Waals surface area contributed by atoms with E-state index in [2.05, 4.69) is 69.6 Å². The maximum absolute atomic E-state index is 3.61. The Morgan fingerprint density at radius 3 is 2.35 bits per heavy atom. The van der Waals surface area contributed by atoms with Gasteiger partial charge in [0.15, 0.2) is 0 Å². The molecule has 2 aromatic rings. The minimum atomic E-state index is 0.542. The van der Waals surface area contributed by atoms with Gasteiger partial charge in [0.05, 0.1) is 0 Å². The standard InChI is InChI=1S/C18H25NS/c1-12(2)15-6-7-17(16(10-15)13(3)4)19-11-18-14(5)8-9-20-18/h6-10,12-13,19H,11H2,1-5H3. The molecule has 2 rings (SSSR count). The molecule has 1 aromatic heterocycles. The zero-order chi connectivity index (χ0) is 14.7. The second kappa shape index (κ2) is 6.45. The summed E-state index contributed by atoms with van der Waals surface area (Å²) < 4.78 is 0. The molecule has 0 fully saturated rings. The van der Waals surface area contributed by atoms with Gasteiger partial charge in [-0.15, -0.1) is 11.3 Å². The van der Waals surface area contributed by atoms with Crippen molar-refractivity contribution in [2.45, 2.75) is 53.0 Å². The van der Waals surface area contributed by atoms with E-state index in [4.69, 9.17) is 0 Å². The molecule has 20 heavy (non-hydrogen) atoms. The Bertz CT molecular complexity index is 567. The van der Waals surface area contributed by atoms with E-state index in [1.54, 1.807) is 0 Å². The Morgan fingerprint density at radius 2 is 1.80 bits per heavy atom. The van der Waals surface area contributed by atoms with Crippen LogP contribution in [-0.4, -0.2) is 0 Å². The highest BCUT2D eigenvalue weighted by molar-refractivity contribution is 7.10. The molecule has 0 saturated carbocycles. The molecule has 1 N–H and O–H groups in total. The first-order valence-corrected chi connectivity index (χ1v) is 8.27. The zero-order valence-corrected chi connectivity index (χ0v) is 14.0. The first-order chi connectivity index (χ1) is 9.49. The molecule has 0 spiro atoms. The molecule has 2 heteroatoms. The van der Waals surface area contributed by atoms with Gasteiger partial charge in [-0.05, 0) is 53.0 Å². The maximum atomic E-state index is 3.61. The van der Waals surface area contributed by atoms with Gasteiger partial charge in [0, 0.05) is 17.1 Å². The average Bonchev–Trinajstić information content (AvgIpc) is 2.81. The molecular formula is C18H25NS. The van der Waals surface area contributed by atoms with Crippen molar-refractivity contribution in [3.8, 4) is 0 Å². The van der Waals surface area contributed by atoms with E-state index in [1.807, 2.05) is 11.3 Å². The summed E-state index contributed by atoms with van der Waals surface area (Å²) in [5.74, 6) is 1.13. The molecule has 0 aliphatic rings. The lowest BCUT2D eigenvalue weighted by Crippen LogP contribution is -2.04. The fraction of sp³-hybridized carbons (Fsp3) is 0.444. The third-order valence-corrected chi connectivity index (χ3v) is 4.79. The second-order valence-electron chi connectivity index (χ2n) is 6.04. The number of aryl methyl sites for hydroxylation is 1. The van der Waals surface area contributed by atoms with Crippen molar-refractivity contribution in [1.82, 2.24) is 0 Å². The molecule has 0 aliphatic heterocycles. The number of nitrogens with one attached hydrogen (secondary N) is 1. The van der Waals surface area contributed by atoms with Crippen LogP contribution in [0.4, 0.5) is 5.69 Å². The van der Waals surface area contributed by atoms with E-state index in [0.29, 0.717) is 11.8 Å². The topological polar surface area (TPSA) is 12.0 Å². The highest BCUT2D eigenvalue weighted by Crippen LogP contribution is 2.29. The Kier molecular flexibility index (Phi) is 4.87. The van der Waals surface area contributed by atoms with Crippen LogP contribution in [0.25, 0.3) is 0 Å². The van der Waals surface area contributed by atoms with E-state index in [-0.39, 0.29) is 0 Å². The van der Waals surface area contributed by atoms with Gasteiger partial charge in [-0.2, -0.15) is 0 Å². The Labute approximate surface area is 127 Å². The summed E-state index contributed by atoms with van der Waals surface area (Å²) in [4.78, 5) is 1.42. The van der Waals surface area contributed by atoms with Crippen LogP contribution in [0.1, 0.15) is 61.1 Å². The Balaban J connectivity index is 2.20. The van der Waals surface area contributed by atoms with Crippen LogP contribution in [-0.2, 0) is 6.54 Å². The smallest absolute Gasteiger partial charge is 0.0496 e. The first kappa shape index (κ1) is 15.1. The van der Waals surface area contributed by atoms with Crippen LogP contribution >= 0.6 is 11.3 Å². The third kappa shape index (κ3) is 3.43. The van der Waals surface area contributed by atoms with Crippen LogP contribution in [0.5, 0.6) is 0 Å². The third-order valence-electron chi connectivity index (χ3n) is 3.77. The monoisotopic (exact) mass is 287 g/mol. The zero-order valence-electron chi connectivity index (χ0n) is 13.2. The van der Waals surface area contributed by atoms with Gasteiger partial charge in [0.1, 0.15) is 0 Å². The fourth-order valence-corrected chi connectivity index (χ4v) is 3.19. The number of anilines is 1. The van der Waals surface area contributed by atoms with E-state index in [9.17, 15) is 0 Å². The number of hydrogen-bond acceptors (Lipinski definition) is 2. The largest absolute Gasteiger partial charge is 0.380 e. The molecule has 108 valence electrons. The molecule has 0 radical (unpaired) electrons. The molecule has 1 nitrogen and oxygen atoms in total. The number of hydrogen-bond donors (Lipinski definition) is 1. The van der Waals surface area contributed by atoms with Gasteiger partial charge in [-0.3, -0.25) is 0 Å². The van der Waals surface area contributed by atoms with E-state index in [0.717, 1.165) is 6.54 Å². The lowest BCUT2D eigenvalue weighted by molar-refractivity contribution is 0.833. The number of benzene rings is 1. The van der Waals surface area contributed by atoms with Gasteiger partial charge in [-0.25, -0.2) is 0 Å². The van der Waals surface area contributed by atoms with Crippen LogP contribution in [0.2, 0.25) is 0 Å². The highest BCUT2D eigenvalue weighted by Gasteiger charge is 2.10. The van der Waals surface area contributed by atoms with E-state index in [1.165, 1.54) is 27.3 Å². The predicted octanol–water partition coefficient (Wildman–Crippen LogP) is 5.92. The van der Waals surface area contributed by atoms with Crippen LogP contribution in [0.15, 0.2) is 29.6 Å². The van der Waals surface area contributed by atoms with Gasteiger partial charge in [-0.1, -0.05) is 39.8 Å². The fourth-order valence-electron chi connectivity index (χ4n) is 2.34. The molecule has 1 heterocycles. The summed E-state index contributed by atoms with van der Waals surface area (Å²) in [5.41, 5.74) is 5.50. The van der Waals surface area contributed by atoms with Crippen molar-refractivity contribution >= 4 is 17.0 Å². The molecule has 0 unspecified atom stereocenters. The highest BCUT2D eigenvalue weighted by atomic mass is 32.1. The van der Waals surface area contributed by atoms with Crippen molar-refractivity contribution in [2.75, 3.05) is 5.32 Å². The molecule has 0 aliphatic carbocycles. The van der Waals surface area contributed by atoms with Crippen molar-refractivity contribution in [3.05, 3.63) is 51.2 Å². The van der Waals surface area contributed by atoms with Gasteiger partial charge in [0.25, 0.3) is 0 Å². The molecule has 0 bridgehead atoms. The Hall–Kier alpha value is -1.28. The predicted molar refractivity (Wildman–Crippen MR) is 91.0 cm³/mol. The summed E-state index contributed by atoms with van der Waals surface area (Å²) in [6.07, 6.45) is 0. The number of thiophene rings is 1. The van der Waals surface area contributed by atoms with E-state index >= 15 is 0 Å². The summed E-state index contributed by atoms with van der Waals surface area (Å²) in [7, 11) is 0. The maximum Gasteiger partial charge on any atom is 0.0496 e. The van der Waals surface area contributed by atoms with Gasteiger partial charge >= 0.3 is 0 Å². The van der Waals surface area contributed by atoms with Gasteiger partial charge < -0.3 is 5.32 Å². The van der Waals surface area contributed by atoms with Crippen molar-refractivity contribution in [2.24, 2.45) is 0 Å².